The minimum Gasteiger partial charge on any atom is -0.497 e. The lowest BCUT2D eigenvalue weighted by Gasteiger charge is -2.37. The lowest BCUT2D eigenvalue weighted by Crippen LogP contribution is -2.44. The van der Waals surface area contributed by atoms with Gasteiger partial charge < -0.3 is 4.74 Å². The van der Waals surface area contributed by atoms with E-state index in [1.165, 1.54) is 19.4 Å². The first-order chi connectivity index (χ1) is 12.2. The standard InChI is InChI=1S/C22H27NO2/c1-3-15-10-11-23(19-7-8-19)14-21(15)22(24)18-5-4-17-13-20(25-2)9-6-16(17)12-18/h4-6,9,12-13,15,19,21H,3,7-8,10-11,14H2,1-2H3. The molecule has 0 radical (unpaired) electrons. The van der Waals surface area contributed by atoms with Crippen LogP contribution in [0.5, 0.6) is 5.75 Å². The highest BCUT2D eigenvalue weighted by atomic mass is 16.5. The SMILES string of the molecule is CCC1CCN(C2CC2)CC1C(=O)c1ccc2cc(OC)ccc2c1. The fourth-order valence-corrected chi connectivity index (χ4v) is 4.30. The first-order valence-electron chi connectivity index (χ1n) is 9.55. The Morgan fingerprint density at radius 1 is 1.12 bits per heavy atom. The van der Waals surface area contributed by atoms with Gasteiger partial charge in [-0.25, -0.2) is 0 Å². The summed E-state index contributed by atoms with van der Waals surface area (Å²) < 4.78 is 5.29. The monoisotopic (exact) mass is 337 g/mol. The van der Waals surface area contributed by atoms with Crippen LogP contribution in [-0.2, 0) is 0 Å². The highest BCUT2D eigenvalue weighted by molar-refractivity contribution is 6.01. The summed E-state index contributed by atoms with van der Waals surface area (Å²) in [7, 11) is 1.68. The van der Waals surface area contributed by atoms with Crippen molar-refractivity contribution in [2.24, 2.45) is 11.8 Å². The first-order valence-corrected chi connectivity index (χ1v) is 9.55. The Kier molecular flexibility index (Phi) is 4.51. The van der Waals surface area contributed by atoms with E-state index in [1.807, 2.05) is 30.3 Å². The number of benzene rings is 2. The van der Waals surface area contributed by atoms with E-state index in [0.717, 1.165) is 47.5 Å². The van der Waals surface area contributed by atoms with Gasteiger partial charge in [-0.3, -0.25) is 9.69 Å². The van der Waals surface area contributed by atoms with Gasteiger partial charge in [-0.1, -0.05) is 31.5 Å². The number of ether oxygens (including phenoxy) is 1. The van der Waals surface area contributed by atoms with Crippen LogP contribution in [-0.4, -0.2) is 36.9 Å². The number of ketones is 1. The molecule has 2 aromatic carbocycles. The predicted octanol–water partition coefficient (Wildman–Crippen LogP) is 4.54. The normalized spacial score (nSPS) is 24.4. The van der Waals surface area contributed by atoms with Gasteiger partial charge in [0.2, 0.25) is 0 Å². The van der Waals surface area contributed by atoms with Crippen molar-refractivity contribution >= 4 is 16.6 Å². The van der Waals surface area contributed by atoms with E-state index in [0.29, 0.717) is 11.7 Å². The highest BCUT2D eigenvalue weighted by Gasteiger charge is 2.39. The van der Waals surface area contributed by atoms with Crippen LogP contribution in [0, 0.1) is 11.8 Å². The molecule has 1 heterocycles. The van der Waals surface area contributed by atoms with Crippen molar-refractivity contribution < 1.29 is 9.53 Å². The lowest BCUT2D eigenvalue weighted by molar-refractivity contribution is 0.0671. The van der Waals surface area contributed by atoms with E-state index in [-0.39, 0.29) is 5.92 Å². The molecule has 0 aromatic heterocycles. The Labute approximate surface area is 150 Å². The smallest absolute Gasteiger partial charge is 0.167 e. The Hall–Kier alpha value is -1.87. The molecule has 1 saturated carbocycles. The second kappa shape index (κ2) is 6.80. The summed E-state index contributed by atoms with van der Waals surface area (Å²) in [5.41, 5.74) is 0.860. The number of carbonyl (C=O) groups excluding carboxylic acids is 1. The van der Waals surface area contributed by atoms with Gasteiger partial charge in [-0.15, -0.1) is 0 Å². The van der Waals surface area contributed by atoms with Crippen LogP contribution < -0.4 is 4.74 Å². The topological polar surface area (TPSA) is 29.5 Å². The van der Waals surface area contributed by atoms with Crippen molar-refractivity contribution in [3.63, 3.8) is 0 Å². The summed E-state index contributed by atoms with van der Waals surface area (Å²) in [5, 5.41) is 2.22. The van der Waals surface area contributed by atoms with Crippen molar-refractivity contribution in [2.75, 3.05) is 20.2 Å². The van der Waals surface area contributed by atoms with Crippen LogP contribution in [0.1, 0.15) is 43.0 Å². The molecular formula is C22H27NO2. The fraction of sp³-hybridized carbons (Fsp3) is 0.500. The van der Waals surface area contributed by atoms with Gasteiger partial charge in [0.15, 0.2) is 5.78 Å². The van der Waals surface area contributed by atoms with Crippen LogP contribution in [0.25, 0.3) is 10.8 Å². The minimum atomic E-state index is 0.148. The van der Waals surface area contributed by atoms with Crippen molar-refractivity contribution in [2.45, 2.75) is 38.6 Å². The molecule has 2 fully saturated rings. The third-order valence-corrected chi connectivity index (χ3v) is 6.04. The van der Waals surface area contributed by atoms with Crippen molar-refractivity contribution in [1.82, 2.24) is 4.90 Å². The first kappa shape index (κ1) is 16.6. The number of likely N-dealkylation sites (tertiary alicyclic amines) is 1. The van der Waals surface area contributed by atoms with Gasteiger partial charge in [0.05, 0.1) is 7.11 Å². The van der Waals surface area contributed by atoms with Gasteiger partial charge in [0.1, 0.15) is 5.75 Å². The zero-order valence-electron chi connectivity index (χ0n) is 15.2. The molecule has 2 aromatic rings. The van der Waals surface area contributed by atoms with Crippen molar-refractivity contribution in [3.05, 3.63) is 42.0 Å². The molecule has 0 N–H and O–H groups in total. The molecule has 1 aliphatic heterocycles. The van der Waals surface area contributed by atoms with E-state index in [9.17, 15) is 4.79 Å². The second-order valence-electron chi connectivity index (χ2n) is 7.58. The van der Waals surface area contributed by atoms with Crippen LogP contribution in [0.4, 0.5) is 0 Å². The highest BCUT2D eigenvalue weighted by Crippen LogP contribution is 2.36. The van der Waals surface area contributed by atoms with Gasteiger partial charge in [-0.2, -0.15) is 0 Å². The summed E-state index contributed by atoms with van der Waals surface area (Å²) in [6, 6.07) is 12.9. The maximum atomic E-state index is 13.3. The molecule has 3 nitrogen and oxygen atoms in total. The molecule has 0 amide bonds. The number of piperidine rings is 1. The quantitative estimate of drug-likeness (QED) is 0.750. The molecule has 2 atom stereocenters. The zero-order chi connectivity index (χ0) is 17.4. The second-order valence-corrected chi connectivity index (χ2v) is 7.58. The third-order valence-electron chi connectivity index (χ3n) is 6.04. The Balaban J connectivity index is 1.60. The number of carbonyl (C=O) groups is 1. The fourth-order valence-electron chi connectivity index (χ4n) is 4.30. The summed E-state index contributed by atoms with van der Waals surface area (Å²) in [5.74, 6) is 1.85. The van der Waals surface area contributed by atoms with Crippen molar-refractivity contribution in [3.8, 4) is 5.75 Å². The van der Waals surface area contributed by atoms with Crippen LogP contribution in [0.2, 0.25) is 0 Å². The molecule has 3 heteroatoms. The van der Waals surface area contributed by atoms with E-state index in [2.05, 4.69) is 17.9 Å². The maximum Gasteiger partial charge on any atom is 0.167 e. The molecule has 0 spiro atoms. The summed E-state index contributed by atoms with van der Waals surface area (Å²) >= 11 is 0. The Morgan fingerprint density at radius 2 is 1.88 bits per heavy atom. The van der Waals surface area contributed by atoms with Gasteiger partial charge in [0.25, 0.3) is 0 Å². The average Bonchev–Trinajstić information content (AvgIpc) is 3.51. The van der Waals surface area contributed by atoms with Gasteiger partial charge in [-0.05, 0) is 60.7 Å². The molecule has 25 heavy (non-hydrogen) atoms. The predicted molar refractivity (Wildman–Crippen MR) is 101 cm³/mol. The van der Waals surface area contributed by atoms with Crippen LogP contribution in [0.3, 0.4) is 0 Å². The number of rotatable bonds is 5. The molecule has 1 aliphatic carbocycles. The summed E-state index contributed by atoms with van der Waals surface area (Å²) in [6.07, 6.45) is 4.89. The number of hydrogen-bond donors (Lipinski definition) is 0. The Bertz CT molecular complexity index is 781. The molecule has 1 saturated heterocycles. The average molecular weight is 337 g/mol. The maximum absolute atomic E-state index is 13.3. The summed E-state index contributed by atoms with van der Waals surface area (Å²) in [6.45, 7) is 4.34. The van der Waals surface area contributed by atoms with Gasteiger partial charge >= 0.3 is 0 Å². The van der Waals surface area contributed by atoms with E-state index >= 15 is 0 Å². The molecule has 4 rings (SSSR count). The van der Waals surface area contributed by atoms with Crippen LogP contribution >= 0.6 is 0 Å². The number of hydrogen-bond acceptors (Lipinski definition) is 3. The van der Waals surface area contributed by atoms with Crippen LogP contribution in [0.15, 0.2) is 36.4 Å². The molecule has 0 bridgehead atoms. The van der Waals surface area contributed by atoms with Crippen molar-refractivity contribution in [1.29, 1.82) is 0 Å². The minimum absolute atomic E-state index is 0.148. The number of nitrogens with zero attached hydrogens (tertiary/aromatic N) is 1. The summed E-state index contributed by atoms with van der Waals surface area (Å²) in [4.78, 5) is 15.8. The molecular weight excluding hydrogens is 310 g/mol. The third kappa shape index (κ3) is 3.30. The lowest BCUT2D eigenvalue weighted by atomic mass is 9.79. The number of Topliss-reactive ketones (excluding diaryl/α,β-unsaturated/α-hetero) is 1. The van der Waals surface area contributed by atoms with E-state index in [1.54, 1.807) is 7.11 Å². The molecule has 2 aliphatic rings. The Morgan fingerprint density at radius 3 is 2.60 bits per heavy atom. The molecule has 132 valence electrons. The largest absolute Gasteiger partial charge is 0.497 e. The zero-order valence-corrected chi connectivity index (χ0v) is 15.2. The van der Waals surface area contributed by atoms with Gasteiger partial charge in [0, 0.05) is 24.1 Å². The van der Waals surface area contributed by atoms with E-state index < -0.39 is 0 Å². The number of fused-ring (bicyclic) bond motifs is 1. The number of methoxy groups -OCH3 is 1. The van der Waals surface area contributed by atoms with E-state index in [4.69, 9.17) is 4.74 Å². The molecule has 2 unspecified atom stereocenters.